The third-order valence-corrected chi connectivity index (χ3v) is 5.61. The highest BCUT2D eigenvalue weighted by molar-refractivity contribution is 7.99. The molecule has 1 aliphatic rings. The van der Waals surface area contributed by atoms with E-state index in [4.69, 9.17) is 9.84 Å². The lowest BCUT2D eigenvalue weighted by atomic mass is 9.92. The van der Waals surface area contributed by atoms with Crippen LogP contribution in [0.15, 0.2) is 47.4 Å². The summed E-state index contributed by atoms with van der Waals surface area (Å²) in [6.07, 6.45) is 0.861. The molecule has 4 nitrogen and oxygen atoms in total. The second-order valence-electron chi connectivity index (χ2n) is 6.09. The van der Waals surface area contributed by atoms with Gasteiger partial charge in [-0.2, -0.15) is 0 Å². The van der Waals surface area contributed by atoms with Crippen molar-refractivity contribution in [2.75, 3.05) is 26.0 Å². The first-order chi connectivity index (χ1) is 12.1. The van der Waals surface area contributed by atoms with Gasteiger partial charge < -0.3 is 14.7 Å². The van der Waals surface area contributed by atoms with Gasteiger partial charge in [-0.1, -0.05) is 6.07 Å². The molecule has 0 aliphatic carbocycles. The molecule has 0 unspecified atom stereocenters. The number of carbonyl (C=O) groups excluding carboxylic acids is 1. The minimum absolute atomic E-state index is 0.0230. The van der Waals surface area contributed by atoms with Crippen LogP contribution in [0.1, 0.15) is 34.5 Å². The second-order valence-corrected chi connectivity index (χ2v) is 7.25. The van der Waals surface area contributed by atoms with Crippen molar-refractivity contribution in [2.45, 2.75) is 24.3 Å². The lowest BCUT2D eigenvalue weighted by Gasteiger charge is -2.35. The van der Waals surface area contributed by atoms with E-state index < -0.39 is 0 Å². The number of hydrogen-bond donors (Lipinski definition) is 1. The summed E-state index contributed by atoms with van der Waals surface area (Å²) in [5, 5.41) is 8.90. The summed E-state index contributed by atoms with van der Waals surface area (Å²) in [6.45, 7) is 2.95. The number of carbonyl (C=O) groups is 1. The fraction of sp³-hybridized carbons (Fsp3) is 0.350. The second kappa shape index (κ2) is 7.93. The number of aliphatic hydroxyl groups is 1. The van der Waals surface area contributed by atoms with Crippen molar-refractivity contribution in [1.29, 1.82) is 0 Å². The topological polar surface area (TPSA) is 49.8 Å². The minimum Gasteiger partial charge on any atom is -0.497 e. The molecule has 1 atom stereocenters. The van der Waals surface area contributed by atoms with Crippen LogP contribution in [0.2, 0.25) is 0 Å². The molecule has 2 aromatic rings. The summed E-state index contributed by atoms with van der Waals surface area (Å²) in [7, 11) is 1.66. The predicted octanol–water partition coefficient (Wildman–Crippen LogP) is 3.54. The number of fused-ring (bicyclic) bond motifs is 1. The first kappa shape index (κ1) is 17.8. The summed E-state index contributed by atoms with van der Waals surface area (Å²) in [6, 6.07) is 13.8. The van der Waals surface area contributed by atoms with Crippen molar-refractivity contribution < 1.29 is 14.6 Å². The quantitative estimate of drug-likeness (QED) is 0.832. The van der Waals surface area contributed by atoms with Crippen LogP contribution in [0.3, 0.4) is 0 Å². The molecule has 0 saturated carbocycles. The Morgan fingerprint density at radius 2 is 2.04 bits per heavy atom. The van der Waals surface area contributed by atoms with E-state index in [9.17, 15) is 4.79 Å². The van der Waals surface area contributed by atoms with Gasteiger partial charge in [-0.15, -0.1) is 11.8 Å². The number of methoxy groups -OCH3 is 1. The van der Waals surface area contributed by atoms with Gasteiger partial charge in [-0.3, -0.25) is 4.79 Å². The van der Waals surface area contributed by atoms with Crippen LogP contribution in [0.5, 0.6) is 5.75 Å². The molecule has 3 rings (SSSR count). The summed E-state index contributed by atoms with van der Waals surface area (Å²) < 4.78 is 5.33. The van der Waals surface area contributed by atoms with Crippen molar-refractivity contribution in [3.63, 3.8) is 0 Å². The summed E-state index contributed by atoms with van der Waals surface area (Å²) in [4.78, 5) is 15.9. The lowest BCUT2D eigenvalue weighted by Crippen LogP contribution is -2.38. The largest absolute Gasteiger partial charge is 0.497 e. The molecule has 2 aromatic carbocycles. The predicted molar refractivity (Wildman–Crippen MR) is 100 cm³/mol. The summed E-state index contributed by atoms with van der Waals surface area (Å²) in [5.74, 6) is 1.54. The Morgan fingerprint density at radius 3 is 2.72 bits per heavy atom. The number of benzene rings is 2. The van der Waals surface area contributed by atoms with Crippen molar-refractivity contribution in [2.24, 2.45) is 0 Å². The zero-order chi connectivity index (χ0) is 17.8. The highest BCUT2D eigenvalue weighted by Crippen LogP contribution is 2.33. The molecule has 5 heteroatoms. The standard InChI is InChI=1S/C20H23NO3S/c1-14-19-13-17(24-2)6-3-15(19)9-10-21(14)20(23)16-4-7-18(8-5-16)25-12-11-22/h3-8,13-14,22H,9-12H2,1-2H3/t14-/m1/s1. The molecule has 132 valence electrons. The highest BCUT2D eigenvalue weighted by Gasteiger charge is 2.28. The molecule has 1 amide bonds. The van der Waals surface area contributed by atoms with Crippen LogP contribution in [0, 0.1) is 0 Å². The number of hydrogen-bond acceptors (Lipinski definition) is 4. The van der Waals surface area contributed by atoms with Crippen LogP contribution in [0.25, 0.3) is 0 Å². The first-order valence-electron chi connectivity index (χ1n) is 8.45. The van der Waals surface area contributed by atoms with E-state index in [0.29, 0.717) is 11.3 Å². The van der Waals surface area contributed by atoms with Gasteiger partial charge in [0.2, 0.25) is 0 Å². The third-order valence-electron chi connectivity index (χ3n) is 4.61. The Hall–Kier alpha value is -1.98. The lowest BCUT2D eigenvalue weighted by molar-refractivity contribution is 0.0677. The Labute approximate surface area is 152 Å². The summed E-state index contributed by atoms with van der Waals surface area (Å²) >= 11 is 1.58. The molecule has 25 heavy (non-hydrogen) atoms. The molecule has 1 aliphatic heterocycles. The summed E-state index contributed by atoms with van der Waals surface area (Å²) in [5.41, 5.74) is 3.15. The molecule has 1 heterocycles. The van der Waals surface area contributed by atoms with Crippen LogP contribution < -0.4 is 4.74 Å². The van der Waals surface area contributed by atoms with Gasteiger partial charge >= 0.3 is 0 Å². The fourth-order valence-corrected chi connectivity index (χ4v) is 3.88. The Bertz CT molecular complexity index is 745. The normalized spacial score (nSPS) is 16.4. The van der Waals surface area contributed by atoms with Gasteiger partial charge in [0.05, 0.1) is 19.8 Å². The fourth-order valence-electron chi connectivity index (χ4n) is 3.22. The van der Waals surface area contributed by atoms with Crippen molar-refractivity contribution in [1.82, 2.24) is 4.90 Å². The van der Waals surface area contributed by atoms with Crippen molar-refractivity contribution in [3.05, 3.63) is 59.2 Å². The molecule has 0 aromatic heterocycles. The van der Waals surface area contributed by atoms with Crippen LogP contribution >= 0.6 is 11.8 Å². The Morgan fingerprint density at radius 1 is 1.28 bits per heavy atom. The number of amides is 1. The number of ether oxygens (including phenoxy) is 1. The first-order valence-corrected chi connectivity index (χ1v) is 9.44. The third kappa shape index (κ3) is 3.83. The number of nitrogens with zero attached hydrogens (tertiary/aromatic N) is 1. The SMILES string of the molecule is COc1ccc2c(c1)[C@@H](C)N(C(=O)c1ccc(SCCO)cc1)CC2. The maximum Gasteiger partial charge on any atom is 0.254 e. The van der Waals surface area contributed by atoms with Gasteiger partial charge in [0.25, 0.3) is 5.91 Å². The molecule has 0 bridgehead atoms. The molecule has 1 N–H and O–H groups in total. The molecule has 0 fully saturated rings. The van der Waals surface area contributed by atoms with Crippen LogP contribution in [0.4, 0.5) is 0 Å². The van der Waals surface area contributed by atoms with E-state index in [1.165, 1.54) is 5.56 Å². The highest BCUT2D eigenvalue weighted by atomic mass is 32.2. The van der Waals surface area contributed by atoms with Crippen LogP contribution in [-0.2, 0) is 6.42 Å². The Kier molecular flexibility index (Phi) is 5.66. The zero-order valence-corrected chi connectivity index (χ0v) is 15.4. The van der Waals surface area contributed by atoms with Gasteiger partial charge in [0.15, 0.2) is 0 Å². The molecule has 0 radical (unpaired) electrons. The van der Waals surface area contributed by atoms with E-state index >= 15 is 0 Å². The number of thioether (sulfide) groups is 1. The van der Waals surface area contributed by atoms with Crippen LogP contribution in [-0.4, -0.2) is 41.9 Å². The van der Waals surface area contributed by atoms with Gasteiger partial charge in [-0.05, 0) is 60.9 Å². The van der Waals surface area contributed by atoms with Gasteiger partial charge in [-0.25, -0.2) is 0 Å². The zero-order valence-electron chi connectivity index (χ0n) is 14.6. The number of rotatable bonds is 5. The number of aliphatic hydroxyl groups excluding tert-OH is 1. The maximum atomic E-state index is 12.9. The van der Waals surface area contributed by atoms with Crippen molar-refractivity contribution >= 4 is 17.7 Å². The average Bonchev–Trinajstić information content (AvgIpc) is 2.66. The average molecular weight is 357 g/mol. The van der Waals surface area contributed by atoms with Crippen molar-refractivity contribution in [3.8, 4) is 5.75 Å². The smallest absolute Gasteiger partial charge is 0.254 e. The van der Waals surface area contributed by atoms with Gasteiger partial charge in [0, 0.05) is 22.8 Å². The Balaban J connectivity index is 1.78. The monoisotopic (exact) mass is 357 g/mol. The molecule has 0 spiro atoms. The van der Waals surface area contributed by atoms with Gasteiger partial charge in [0.1, 0.15) is 5.75 Å². The van der Waals surface area contributed by atoms with E-state index in [1.54, 1.807) is 18.9 Å². The van der Waals surface area contributed by atoms with E-state index in [0.717, 1.165) is 29.2 Å². The van der Waals surface area contributed by atoms with E-state index in [2.05, 4.69) is 13.0 Å². The molecular formula is C20H23NO3S. The molecular weight excluding hydrogens is 334 g/mol. The maximum absolute atomic E-state index is 12.9. The minimum atomic E-state index is 0.0230. The molecule has 0 saturated heterocycles. The van der Waals surface area contributed by atoms with E-state index in [1.807, 2.05) is 41.3 Å². The van der Waals surface area contributed by atoms with E-state index in [-0.39, 0.29) is 18.6 Å².